The van der Waals surface area contributed by atoms with E-state index in [0.29, 0.717) is 0 Å². The van der Waals surface area contributed by atoms with Gasteiger partial charge in [0.1, 0.15) is 6.10 Å². The third-order valence-electron chi connectivity index (χ3n) is 5.72. The summed E-state index contributed by atoms with van der Waals surface area (Å²) in [5, 5.41) is 0. The lowest BCUT2D eigenvalue weighted by molar-refractivity contribution is -0.146. The van der Waals surface area contributed by atoms with Crippen molar-refractivity contribution >= 4 is 26.1 Å². The molecule has 1 aliphatic heterocycles. The standard InChI is InChI=1S/C23H29NO9S2/c1-15-6-10-18(11-7-15)34(26,27)31-14-20-21(24(4)17(3)25)22(23(30-5)32-20)33-35(28,29)19-12-8-16(2)9-13-19/h6-13,20-23H,14H2,1-5H3. The second-order valence-corrected chi connectivity index (χ2v) is 11.5. The highest BCUT2D eigenvalue weighted by Crippen LogP contribution is 2.32. The summed E-state index contributed by atoms with van der Waals surface area (Å²) in [6.07, 6.45) is -3.55. The molecule has 1 heterocycles. The zero-order chi connectivity index (χ0) is 26.0. The fourth-order valence-electron chi connectivity index (χ4n) is 3.65. The highest BCUT2D eigenvalue weighted by molar-refractivity contribution is 7.87. The van der Waals surface area contributed by atoms with Gasteiger partial charge in [-0.15, -0.1) is 0 Å². The average molecular weight is 528 g/mol. The lowest BCUT2D eigenvalue weighted by atomic mass is 10.1. The number of methoxy groups -OCH3 is 1. The van der Waals surface area contributed by atoms with Crippen molar-refractivity contribution in [3.63, 3.8) is 0 Å². The highest BCUT2D eigenvalue weighted by Gasteiger charge is 2.51. The predicted molar refractivity (Wildman–Crippen MR) is 125 cm³/mol. The highest BCUT2D eigenvalue weighted by atomic mass is 32.2. The van der Waals surface area contributed by atoms with Crippen LogP contribution in [0.2, 0.25) is 0 Å². The van der Waals surface area contributed by atoms with Gasteiger partial charge in [-0.1, -0.05) is 35.4 Å². The molecule has 0 saturated carbocycles. The summed E-state index contributed by atoms with van der Waals surface area (Å²) >= 11 is 0. The lowest BCUT2D eigenvalue weighted by Gasteiger charge is -2.31. The van der Waals surface area contributed by atoms with E-state index in [9.17, 15) is 21.6 Å². The van der Waals surface area contributed by atoms with Gasteiger partial charge in [0.05, 0.1) is 22.4 Å². The number of benzene rings is 2. The Morgan fingerprint density at radius 2 is 1.40 bits per heavy atom. The summed E-state index contributed by atoms with van der Waals surface area (Å²) in [5.74, 6) is -0.414. The topological polar surface area (TPSA) is 126 Å². The van der Waals surface area contributed by atoms with Crippen LogP contribution in [0.15, 0.2) is 58.3 Å². The zero-order valence-electron chi connectivity index (χ0n) is 20.1. The Morgan fingerprint density at radius 1 is 0.914 bits per heavy atom. The van der Waals surface area contributed by atoms with Crippen molar-refractivity contribution in [3.05, 3.63) is 59.7 Å². The molecular weight excluding hydrogens is 498 g/mol. The van der Waals surface area contributed by atoms with Crippen molar-refractivity contribution in [2.45, 2.75) is 55.1 Å². The van der Waals surface area contributed by atoms with Crippen LogP contribution in [-0.2, 0) is 42.9 Å². The van der Waals surface area contributed by atoms with E-state index >= 15 is 0 Å². The zero-order valence-corrected chi connectivity index (χ0v) is 21.7. The minimum Gasteiger partial charge on any atom is -0.353 e. The Hall–Kier alpha value is -2.35. The summed E-state index contributed by atoms with van der Waals surface area (Å²) in [6, 6.07) is 11.1. The molecule has 0 aliphatic carbocycles. The first-order chi connectivity index (χ1) is 16.4. The summed E-state index contributed by atoms with van der Waals surface area (Å²) in [6.45, 7) is 4.42. The normalized spacial score (nSPS) is 22.8. The largest absolute Gasteiger partial charge is 0.353 e. The van der Waals surface area contributed by atoms with E-state index < -0.39 is 57.3 Å². The maximum atomic E-state index is 13.0. The van der Waals surface area contributed by atoms with Crippen molar-refractivity contribution in [3.8, 4) is 0 Å². The molecule has 12 heteroatoms. The van der Waals surface area contributed by atoms with Gasteiger partial charge in [-0.3, -0.25) is 13.2 Å². The van der Waals surface area contributed by atoms with Crippen molar-refractivity contribution in [2.24, 2.45) is 0 Å². The molecule has 35 heavy (non-hydrogen) atoms. The molecule has 2 aromatic carbocycles. The number of rotatable bonds is 9. The summed E-state index contributed by atoms with van der Waals surface area (Å²) in [5.41, 5.74) is 1.74. The molecule has 1 fully saturated rings. The molecule has 1 saturated heterocycles. The minimum atomic E-state index is -4.27. The van der Waals surface area contributed by atoms with Crippen LogP contribution in [0.1, 0.15) is 18.1 Å². The number of hydrogen-bond donors (Lipinski definition) is 0. The fourth-order valence-corrected chi connectivity index (χ4v) is 5.65. The first-order valence-corrected chi connectivity index (χ1v) is 13.5. The molecule has 1 amide bonds. The fraction of sp³-hybridized carbons (Fsp3) is 0.435. The van der Waals surface area contributed by atoms with Gasteiger partial charge in [0.2, 0.25) is 5.91 Å². The van der Waals surface area contributed by atoms with Crippen molar-refractivity contribution in [1.29, 1.82) is 0 Å². The molecule has 4 unspecified atom stereocenters. The maximum absolute atomic E-state index is 13.0. The van der Waals surface area contributed by atoms with Crippen LogP contribution in [-0.4, -0.2) is 72.9 Å². The average Bonchev–Trinajstić information content (AvgIpc) is 3.14. The number of nitrogens with zero attached hydrogens (tertiary/aromatic N) is 1. The van der Waals surface area contributed by atoms with Crippen LogP contribution in [0.5, 0.6) is 0 Å². The van der Waals surface area contributed by atoms with E-state index in [1.165, 1.54) is 50.2 Å². The molecule has 1 aliphatic rings. The monoisotopic (exact) mass is 527 g/mol. The Balaban J connectivity index is 1.87. The predicted octanol–water partition coefficient (Wildman–Crippen LogP) is 2.00. The van der Waals surface area contributed by atoms with Crippen LogP contribution in [0.25, 0.3) is 0 Å². The first kappa shape index (κ1) is 27.2. The van der Waals surface area contributed by atoms with Gasteiger partial charge in [0.25, 0.3) is 20.2 Å². The van der Waals surface area contributed by atoms with Crippen LogP contribution < -0.4 is 0 Å². The van der Waals surface area contributed by atoms with E-state index in [0.717, 1.165) is 11.1 Å². The van der Waals surface area contributed by atoms with Crippen LogP contribution in [0, 0.1) is 13.8 Å². The van der Waals surface area contributed by atoms with Gasteiger partial charge in [0, 0.05) is 21.1 Å². The minimum absolute atomic E-state index is 0.0457. The molecule has 4 atom stereocenters. The summed E-state index contributed by atoms with van der Waals surface area (Å²) < 4.78 is 73.0. The molecule has 2 aromatic rings. The second kappa shape index (κ2) is 10.7. The van der Waals surface area contributed by atoms with E-state index in [4.69, 9.17) is 17.8 Å². The van der Waals surface area contributed by atoms with Crippen LogP contribution >= 0.6 is 0 Å². The van der Waals surface area contributed by atoms with Crippen molar-refractivity contribution < 1.29 is 39.5 Å². The molecule has 192 valence electrons. The van der Waals surface area contributed by atoms with E-state index in [1.807, 2.05) is 13.8 Å². The Morgan fingerprint density at radius 3 is 1.86 bits per heavy atom. The Labute approximate surface area is 206 Å². The molecule has 10 nitrogen and oxygen atoms in total. The van der Waals surface area contributed by atoms with Gasteiger partial charge in [0.15, 0.2) is 12.4 Å². The maximum Gasteiger partial charge on any atom is 0.297 e. The molecule has 0 aromatic heterocycles. The van der Waals surface area contributed by atoms with Gasteiger partial charge in [-0.25, -0.2) is 0 Å². The molecular formula is C23H29NO9S2. The van der Waals surface area contributed by atoms with Gasteiger partial charge in [-0.05, 0) is 38.1 Å². The third kappa shape index (κ3) is 6.26. The van der Waals surface area contributed by atoms with E-state index in [2.05, 4.69) is 0 Å². The third-order valence-corrected chi connectivity index (χ3v) is 8.34. The Kier molecular flexibility index (Phi) is 8.35. The second-order valence-electron chi connectivity index (χ2n) is 8.28. The number of ether oxygens (including phenoxy) is 2. The van der Waals surface area contributed by atoms with E-state index in [1.54, 1.807) is 24.3 Å². The summed E-state index contributed by atoms with van der Waals surface area (Å²) in [7, 11) is -5.68. The number of amides is 1. The number of carbonyl (C=O) groups is 1. The first-order valence-electron chi connectivity index (χ1n) is 10.7. The van der Waals surface area contributed by atoms with Gasteiger partial charge >= 0.3 is 0 Å². The lowest BCUT2D eigenvalue weighted by Crippen LogP contribution is -2.51. The SMILES string of the molecule is COC1OC(COS(=O)(=O)c2ccc(C)cc2)C(N(C)C(C)=O)C1OS(=O)(=O)c1ccc(C)cc1. The molecule has 0 spiro atoms. The number of likely N-dealkylation sites (N-methyl/N-ethyl adjacent to an activating group) is 1. The molecule has 0 N–H and O–H groups in total. The molecule has 0 radical (unpaired) electrons. The molecule has 3 rings (SSSR count). The summed E-state index contributed by atoms with van der Waals surface area (Å²) in [4.78, 5) is 13.3. The smallest absolute Gasteiger partial charge is 0.297 e. The van der Waals surface area contributed by atoms with Crippen molar-refractivity contribution in [2.75, 3.05) is 20.8 Å². The van der Waals surface area contributed by atoms with Gasteiger partial charge < -0.3 is 14.4 Å². The van der Waals surface area contributed by atoms with Crippen LogP contribution in [0.4, 0.5) is 0 Å². The number of hydrogen-bond acceptors (Lipinski definition) is 9. The number of aryl methyl sites for hydroxylation is 2. The van der Waals surface area contributed by atoms with E-state index in [-0.39, 0.29) is 9.79 Å². The van der Waals surface area contributed by atoms with Gasteiger partial charge in [-0.2, -0.15) is 16.8 Å². The van der Waals surface area contributed by atoms with Crippen LogP contribution in [0.3, 0.4) is 0 Å². The Bertz CT molecular complexity index is 1240. The van der Waals surface area contributed by atoms with Crippen molar-refractivity contribution in [1.82, 2.24) is 4.90 Å². The molecule has 0 bridgehead atoms. The number of carbonyl (C=O) groups excluding carboxylic acids is 1. The quantitative estimate of drug-likeness (QED) is 0.450.